The van der Waals surface area contributed by atoms with Crippen molar-refractivity contribution in [2.75, 3.05) is 0 Å². The molecule has 0 unspecified atom stereocenters. The molecule has 1 aliphatic carbocycles. The highest BCUT2D eigenvalue weighted by atomic mass is 16.3. The highest BCUT2D eigenvalue weighted by Gasteiger charge is 2.35. The van der Waals surface area contributed by atoms with E-state index in [2.05, 4.69) is 13.8 Å². The highest BCUT2D eigenvalue weighted by molar-refractivity contribution is 4.86. The number of hydrogen-bond acceptors (Lipinski definition) is 1. The van der Waals surface area contributed by atoms with E-state index in [4.69, 9.17) is 0 Å². The predicted octanol–water partition coefficient (Wildman–Crippen LogP) is 2.83. The second-order valence-electron chi connectivity index (χ2n) is 5.17. The van der Waals surface area contributed by atoms with Gasteiger partial charge in [0.05, 0.1) is 5.60 Å². The lowest BCUT2D eigenvalue weighted by atomic mass is 9.87. The zero-order chi connectivity index (χ0) is 9.35. The molecule has 0 aromatic carbocycles. The molecule has 0 amide bonds. The van der Waals surface area contributed by atoms with Crippen LogP contribution in [0.4, 0.5) is 0 Å². The summed E-state index contributed by atoms with van der Waals surface area (Å²) in [5.74, 6) is 2.17. The Bertz CT molecular complexity index is 144. The van der Waals surface area contributed by atoms with Crippen molar-refractivity contribution in [2.45, 2.75) is 52.6 Å². The molecular weight excluding hydrogens is 148 g/mol. The van der Waals surface area contributed by atoms with E-state index < -0.39 is 5.60 Å². The quantitative estimate of drug-likeness (QED) is 0.675. The number of rotatable bonds is 2. The van der Waals surface area contributed by atoms with Crippen molar-refractivity contribution >= 4 is 0 Å². The summed E-state index contributed by atoms with van der Waals surface area (Å²) in [4.78, 5) is 0. The number of aliphatic hydroxyl groups is 1. The molecule has 0 bridgehead atoms. The van der Waals surface area contributed by atoms with E-state index in [0.29, 0.717) is 5.92 Å². The first-order chi connectivity index (χ1) is 5.41. The topological polar surface area (TPSA) is 20.2 Å². The molecule has 0 saturated heterocycles. The minimum Gasteiger partial charge on any atom is -0.390 e. The van der Waals surface area contributed by atoms with Crippen LogP contribution in [0.1, 0.15) is 47.0 Å². The first-order valence-corrected chi connectivity index (χ1v) is 5.13. The van der Waals surface area contributed by atoms with Crippen LogP contribution >= 0.6 is 0 Å². The molecule has 12 heavy (non-hydrogen) atoms. The Labute approximate surface area is 76.2 Å². The van der Waals surface area contributed by atoms with Crippen molar-refractivity contribution in [1.82, 2.24) is 0 Å². The van der Waals surface area contributed by atoms with Crippen LogP contribution in [0.2, 0.25) is 0 Å². The van der Waals surface area contributed by atoms with Crippen LogP contribution in [0.15, 0.2) is 0 Å². The molecule has 2 atom stereocenters. The molecule has 1 saturated carbocycles. The summed E-state index contributed by atoms with van der Waals surface area (Å²) in [5, 5.41) is 9.82. The zero-order valence-electron chi connectivity index (χ0n) is 8.80. The van der Waals surface area contributed by atoms with Crippen LogP contribution in [-0.2, 0) is 0 Å². The summed E-state index contributed by atoms with van der Waals surface area (Å²) in [6, 6.07) is 0. The van der Waals surface area contributed by atoms with Gasteiger partial charge in [0.25, 0.3) is 0 Å². The van der Waals surface area contributed by atoms with Crippen molar-refractivity contribution in [3.05, 3.63) is 0 Å². The van der Waals surface area contributed by atoms with Crippen molar-refractivity contribution in [3.8, 4) is 0 Å². The fourth-order valence-electron chi connectivity index (χ4n) is 2.26. The molecule has 0 aromatic rings. The lowest BCUT2D eigenvalue weighted by molar-refractivity contribution is 0.0174. The Balaban J connectivity index is 2.46. The molecule has 0 aliphatic heterocycles. The van der Waals surface area contributed by atoms with Crippen molar-refractivity contribution < 1.29 is 5.11 Å². The third-order valence-electron chi connectivity index (χ3n) is 3.42. The van der Waals surface area contributed by atoms with Gasteiger partial charge in [0.15, 0.2) is 0 Å². The summed E-state index contributed by atoms with van der Waals surface area (Å²) in [5.41, 5.74) is -0.455. The van der Waals surface area contributed by atoms with Gasteiger partial charge in [0.2, 0.25) is 0 Å². The van der Waals surface area contributed by atoms with Gasteiger partial charge in [-0.2, -0.15) is 0 Å². The van der Waals surface area contributed by atoms with E-state index >= 15 is 0 Å². The average Bonchev–Trinajstić information content (AvgIpc) is 2.30. The molecule has 1 fully saturated rings. The van der Waals surface area contributed by atoms with Crippen molar-refractivity contribution in [3.63, 3.8) is 0 Å². The molecule has 1 heteroatoms. The molecule has 0 radical (unpaired) electrons. The maximum Gasteiger partial charge on any atom is 0.0619 e. The first-order valence-electron chi connectivity index (χ1n) is 5.13. The molecule has 72 valence electrons. The van der Waals surface area contributed by atoms with Crippen LogP contribution in [-0.4, -0.2) is 10.7 Å². The van der Waals surface area contributed by atoms with E-state index in [9.17, 15) is 5.11 Å². The third kappa shape index (κ3) is 2.22. The maximum atomic E-state index is 9.82. The summed E-state index contributed by atoms with van der Waals surface area (Å²) in [7, 11) is 0. The van der Waals surface area contributed by atoms with E-state index in [0.717, 1.165) is 11.8 Å². The molecular formula is C11H22O. The van der Waals surface area contributed by atoms with E-state index in [1.54, 1.807) is 0 Å². The van der Waals surface area contributed by atoms with E-state index in [-0.39, 0.29) is 0 Å². The van der Waals surface area contributed by atoms with Gasteiger partial charge in [-0.3, -0.25) is 0 Å². The highest BCUT2D eigenvalue weighted by Crippen LogP contribution is 2.40. The standard InChI is InChI=1S/C11H22O/c1-8(2)9-5-6-10(7-9)11(3,4)12/h8-10,12H,5-7H2,1-4H3/t9-,10-/m0/s1. The molecule has 0 aromatic heterocycles. The Morgan fingerprint density at radius 1 is 1.25 bits per heavy atom. The van der Waals surface area contributed by atoms with Crippen LogP contribution in [0, 0.1) is 17.8 Å². The van der Waals surface area contributed by atoms with E-state index in [1.165, 1.54) is 19.3 Å². The monoisotopic (exact) mass is 170 g/mol. The van der Waals surface area contributed by atoms with Crippen LogP contribution in [0.3, 0.4) is 0 Å². The molecule has 0 spiro atoms. The fourth-order valence-corrected chi connectivity index (χ4v) is 2.26. The maximum absolute atomic E-state index is 9.82. The SMILES string of the molecule is CC(C)[C@H]1CC[C@H](C(C)(C)O)C1. The molecule has 0 heterocycles. The summed E-state index contributed by atoms with van der Waals surface area (Å²) < 4.78 is 0. The molecule has 1 N–H and O–H groups in total. The van der Waals surface area contributed by atoms with Gasteiger partial charge in [-0.05, 0) is 50.9 Å². The Kier molecular flexibility index (Phi) is 2.82. The third-order valence-corrected chi connectivity index (χ3v) is 3.42. The molecule has 1 nitrogen and oxygen atoms in total. The summed E-state index contributed by atoms with van der Waals surface area (Å²) in [6.07, 6.45) is 3.75. The Morgan fingerprint density at radius 2 is 1.83 bits per heavy atom. The van der Waals surface area contributed by atoms with Crippen molar-refractivity contribution in [1.29, 1.82) is 0 Å². The van der Waals surface area contributed by atoms with Crippen LogP contribution in [0.25, 0.3) is 0 Å². The minimum absolute atomic E-state index is 0.455. The largest absolute Gasteiger partial charge is 0.390 e. The summed E-state index contributed by atoms with van der Waals surface area (Å²) in [6.45, 7) is 8.47. The Morgan fingerprint density at radius 3 is 2.08 bits per heavy atom. The summed E-state index contributed by atoms with van der Waals surface area (Å²) >= 11 is 0. The second-order valence-corrected chi connectivity index (χ2v) is 5.17. The first kappa shape index (κ1) is 10.0. The van der Waals surface area contributed by atoms with Crippen LogP contribution in [0.5, 0.6) is 0 Å². The fraction of sp³-hybridized carbons (Fsp3) is 1.00. The van der Waals surface area contributed by atoms with Gasteiger partial charge in [0.1, 0.15) is 0 Å². The minimum atomic E-state index is -0.455. The molecule has 1 aliphatic rings. The average molecular weight is 170 g/mol. The zero-order valence-corrected chi connectivity index (χ0v) is 8.80. The van der Waals surface area contributed by atoms with Gasteiger partial charge >= 0.3 is 0 Å². The predicted molar refractivity (Wildman–Crippen MR) is 52.0 cm³/mol. The van der Waals surface area contributed by atoms with Crippen LogP contribution < -0.4 is 0 Å². The van der Waals surface area contributed by atoms with Gasteiger partial charge in [-0.1, -0.05) is 13.8 Å². The van der Waals surface area contributed by atoms with Gasteiger partial charge < -0.3 is 5.11 Å². The van der Waals surface area contributed by atoms with Crippen molar-refractivity contribution in [2.24, 2.45) is 17.8 Å². The molecule has 1 rings (SSSR count). The Hall–Kier alpha value is -0.0400. The lowest BCUT2D eigenvalue weighted by Gasteiger charge is -2.26. The normalized spacial score (nSPS) is 31.5. The second kappa shape index (κ2) is 3.37. The van der Waals surface area contributed by atoms with Gasteiger partial charge in [-0.15, -0.1) is 0 Å². The van der Waals surface area contributed by atoms with E-state index in [1.807, 2.05) is 13.8 Å². The van der Waals surface area contributed by atoms with Gasteiger partial charge in [0, 0.05) is 0 Å². The van der Waals surface area contributed by atoms with Gasteiger partial charge in [-0.25, -0.2) is 0 Å². The number of hydrogen-bond donors (Lipinski definition) is 1. The lowest BCUT2D eigenvalue weighted by Crippen LogP contribution is -2.29. The smallest absolute Gasteiger partial charge is 0.0619 e.